The number of rotatable bonds is 11. The van der Waals surface area contributed by atoms with Crippen LogP contribution >= 0.6 is 0 Å². The van der Waals surface area contributed by atoms with Crippen LogP contribution in [0.25, 0.3) is 0 Å². The van der Waals surface area contributed by atoms with Crippen molar-refractivity contribution >= 4 is 16.5 Å². The van der Waals surface area contributed by atoms with Gasteiger partial charge in [-0.3, -0.25) is 0 Å². The summed E-state index contributed by atoms with van der Waals surface area (Å²) in [6, 6.07) is -0.941. The highest BCUT2D eigenvalue weighted by Gasteiger charge is 2.07. The average Bonchev–Trinajstić information content (AvgIpc) is 2.34. The molecule has 0 aliphatic carbocycles. The molecule has 0 saturated carbocycles. The lowest BCUT2D eigenvalue weighted by atomic mass is 10.1. The first-order chi connectivity index (χ1) is 9.07. The fourth-order valence-corrected chi connectivity index (χ4v) is 1.93. The number of carbonyl (C=O) groups is 1. The van der Waals surface area contributed by atoms with Crippen molar-refractivity contribution in [3.63, 3.8) is 0 Å². The predicted octanol–water partition coefficient (Wildman–Crippen LogP) is 1.99. The maximum absolute atomic E-state index is 10.8. The molecule has 7 nitrogen and oxygen atoms in total. The molecule has 0 fully saturated rings. The van der Waals surface area contributed by atoms with E-state index in [1.807, 2.05) is 0 Å². The van der Waals surface area contributed by atoms with Gasteiger partial charge in [0.25, 0.3) is 0 Å². The van der Waals surface area contributed by atoms with Crippen LogP contribution in [0, 0.1) is 0 Å². The Morgan fingerprint density at radius 2 is 1.63 bits per heavy atom. The van der Waals surface area contributed by atoms with Crippen LogP contribution in [0.15, 0.2) is 4.47 Å². The van der Waals surface area contributed by atoms with Crippen LogP contribution in [0.5, 0.6) is 0 Å². The number of hydrogen-bond donors (Lipinski definition) is 2. The van der Waals surface area contributed by atoms with E-state index in [-0.39, 0.29) is 0 Å². The molecule has 0 aliphatic rings. The van der Waals surface area contributed by atoms with Crippen LogP contribution in [0.1, 0.15) is 58.3 Å². The number of urea groups is 1. The number of hydrogen-bond acceptors (Lipinski definition) is 5. The topological polar surface area (TPSA) is 105 Å². The second-order valence-electron chi connectivity index (χ2n) is 4.33. The maximum Gasteiger partial charge on any atom is 0.351 e. The zero-order valence-corrected chi connectivity index (χ0v) is 12.3. The fraction of sp³-hybridized carbons (Fsp3) is 0.909. The van der Waals surface area contributed by atoms with Gasteiger partial charge in [-0.05, 0) is 10.9 Å². The molecule has 0 aromatic carbocycles. The van der Waals surface area contributed by atoms with Gasteiger partial charge in [0, 0.05) is 6.54 Å². The van der Waals surface area contributed by atoms with E-state index >= 15 is 0 Å². The molecule has 8 heteroatoms. The van der Waals surface area contributed by atoms with Gasteiger partial charge in [0.2, 0.25) is 0 Å². The van der Waals surface area contributed by atoms with Crippen molar-refractivity contribution in [2.24, 2.45) is 10.2 Å². The van der Waals surface area contributed by atoms with Crippen molar-refractivity contribution in [2.45, 2.75) is 58.3 Å². The normalized spacial score (nSPS) is 10.2. The van der Waals surface area contributed by atoms with Crippen molar-refractivity contribution in [3.05, 3.63) is 0 Å². The highest BCUT2D eigenvalue weighted by molar-refractivity contribution is 7.61. The smallest absolute Gasteiger partial charge is 0.349 e. The van der Waals surface area contributed by atoms with E-state index in [9.17, 15) is 13.2 Å². The average molecular weight is 292 g/mol. The number of hydrazine groups is 1. The third-order valence-electron chi connectivity index (χ3n) is 2.65. The molecule has 0 aromatic heterocycles. The number of nitrogens with two attached hydrogens (primary N) is 1. The van der Waals surface area contributed by atoms with Crippen molar-refractivity contribution < 1.29 is 13.2 Å². The molecule has 0 aliphatic heterocycles. The Morgan fingerprint density at radius 1 is 1.11 bits per heavy atom. The second-order valence-corrected chi connectivity index (χ2v) is 4.93. The van der Waals surface area contributed by atoms with Crippen LogP contribution < -0.4 is 11.2 Å². The summed E-state index contributed by atoms with van der Waals surface area (Å²) in [4.78, 5) is 10.8. The van der Waals surface area contributed by atoms with E-state index in [2.05, 4.69) is 16.8 Å². The SMILES string of the molecule is CCCCCCCCCCNN(N=S(=O)=O)C(N)=O. The molecule has 0 radical (unpaired) electrons. The Hall–Kier alpha value is -1.15. The summed E-state index contributed by atoms with van der Waals surface area (Å²) in [5.74, 6) is 0. The van der Waals surface area contributed by atoms with Gasteiger partial charge in [-0.25, -0.2) is 10.2 Å². The number of nitrogens with one attached hydrogen (secondary N) is 1. The van der Waals surface area contributed by atoms with Crippen LogP contribution in [-0.2, 0) is 10.5 Å². The maximum atomic E-state index is 10.8. The molecule has 0 aromatic rings. The summed E-state index contributed by atoms with van der Waals surface area (Å²) in [5, 5.41) is 0.546. The lowest BCUT2D eigenvalue weighted by Gasteiger charge is -2.12. The Kier molecular flexibility index (Phi) is 11.2. The van der Waals surface area contributed by atoms with Gasteiger partial charge in [-0.15, -0.1) is 5.12 Å². The first kappa shape index (κ1) is 17.8. The lowest BCUT2D eigenvalue weighted by molar-refractivity contribution is 0.183. The number of primary amides is 1. The Bertz CT molecular complexity index is 362. The Labute approximate surface area is 116 Å². The summed E-state index contributed by atoms with van der Waals surface area (Å²) in [5.41, 5.74) is 7.51. The van der Waals surface area contributed by atoms with Crippen LogP contribution in [0.4, 0.5) is 4.79 Å². The largest absolute Gasteiger partial charge is 0.351 e. The van der Waals surface area contributed by atoms with Gasteiger partial charge in [0.15, 0.2) is 0 Å². The van der Waals surface area contributed by atoms with Crippen molar-refractivity contribution in [3.8, 4) is 0 Å². The van der Waals surface area contributed by atoms with Gasteiger partial charge in [0.05, 0.1) is 0 Å². The first-order valence-corrected chi connectivity index (χ1v) is 7.75. The van der Waals surface area contributed by atoms with Gasteiger partial charge in [-0.1, -0.05) is 51.9 Å². The van der Waals surface area contributed by atoms with Crippen molar-refractivity contribution in [1.82, 2.24) is 10.5 Å². The zero-order chi connectivity index (χ0) is 14.5. The van der Waals surface area contributed by atoms with Crippen LogP contribution in [-0.4, -0.2) is 26.1 Å². The molecule has 0 bridgehead atoms. The minimum absolute atomic E-state index is 0.471. The van der Waals surface area contributed by atoms with Crippen molar-refractivity contribution in [1.29, 1.82) is 0 Å². The lowest BCUT2D eigenvalue weighted by Crippen LogP contribution is -2.42. The standard InChI is InChI=1S/C11H24N4O3S/c1-2-3-4-5-6-7-8-9-10-13-15(11(12)16)14-19(17)18/h13H,2-10H2,1H3,(H2,12,16). The summed E-state index contributed by atoms with van der Waals surface area (Å²) in [6.07, 6.45) is 9.34. The molecule has 0 unspecified atom stereocenters. The Morgan fingerprint density at radius 3 is 2.11 bits per heavy atom. The quantitative estimate of drug-likeness (QED) is 0.448. The second kappa shape index (κ2) is 11.9. The minimum Gasteiger partial charge on any atom is -0.349 e. The minimum atomic E-state index is -2.69. The van der Waals surface area contributed by atoms with E-state index in [0.29, 0.717) is 11.7 Å². The summed E-state index contributed by atoms with van der Waals surface area (Å²) in [6.45, 7) is 2.66. The predicted molar refractivity (Wildman–Crippen MR) is 73.4 cm³/mol. The van der Waals surface area contributed by atoms with Gasteiger partial charge < -0.3 is 5.73 Å². The molecule has 3 N–H and O–H groups in total. The number of unbranched alkanes of at least 4 members (excludes halogenated alkanes) is 7. The van der Waals surface area contributed by atoms with Crippen LogP contribution in [0.3, 0.4) is 0 Å². The third kappa shape index (κ3) is 11.7. The molecule has 0 heterocycles. The fourth-order valence-electron chi connectivity index (χ4n) is 1.66. The zero-order valence-electron chi connectivity index (χ0n) is 11.5. The van der Waals surface area contributed by atoms with E-state index in [4.69, 9.17) is 5.73 Å². The first-order valence-electron chi connectivity index (χ1n) is 6.72. The molecule has 2 amide bonds. The third-order valence-corrected chi connectivity index (χ3v) is 2.95. The molecular weight excluding hydrogens is 268 g/mol. The summed E-state index contributed by atoms with van der Waals surface area (Å²) < 4.78 is 23.6. The van der Waals surface area contributed by atoms with Crippen LogP contribution in [0.2, 0.25) is 0 Å². The molecule has 19 heavy (non-hydrogen) atoms. The number of carbonyl (C=O) groups excluding carboxylic acids is 1. The summed E-state index contributed by atoms with van der Waals surface area (Å²) >= 11 is 0. The number of amides is 2. The van der Waals surface area contributed by atoms with Gasteiger partial charge in [0.1, 0.15) is 0 Å². The molecular formula is C11H24N4O3S. The van der Waals surface area contributed by atoms with E-state index in [1.54, 1.807) is 0 Å². The monoisotopic (exact) mass is 292 g/mol. The van der Waals surface area contributed by atoms with E-state index < -0.39 is 16.5 Å². The molecule has 112 valence electrons. The molecule has 0 spiro atoms. The van der Waals surface area contributed by atoms with Gasteiger partial charge in [-0.2, -0.15) is 8.42 Å². The number of nitrogens with zero attached hydrogens (tertiary/aromatic N) is 2. The molecule has 0 saturated heterocycles. The highest BCUT2D eigenvalue weighted by Crippen LogP contribution is 2.07. The van der Waals surface area contributed by atoms with E-state index in [1.165, 1.54) is 32.1 Å². The van der Waals surface area contributed by atoms with Crippen molar-refractivity contribution in [2.75, 3.05) is 6.54 Å². The molecule has 0 rings (SSSR count). The molecule has 0 atom stereocenters. The summed E-state index contributed by atoms with van der Waals surface area (Å²) in [7, 11) is -2.69. The van der Waals surface area contributed by atoms with Gasteiger partial charge >= 0.3 is 16.5 Å². The highest BCUT2D eigenvalue weighted by atomic mass is 32.2. The van der Waals surface area contributed by atoms with E-state index in [0.717, 1.165) is 19.3 Å². The Balaban J connectivity index is 3.56.